The highest BCUT2D eigenvalue weighted by molar-refractivity contribution is 7.93. The summed E-state index contributed by atoms with van der Waals surface area (Å²) in [5.74, 6) is -1.71. The van der Waals surface area contributed by atoms with E-state index in [1.54, 1.807) is 18.2 Å². The zero-order valence-corrected chi connectivity index (χ0v) is 13.8. The zero-order valence-electron chi connectivity index (χ0n) is 13.0. The summed E-state index contributed by atoms with van der Waals surface area (Å²) in [5, 5.41) is 4.53. The van der Waals surface area contributed by atoms with E-state index in [0.29, 0.717) is 24.3 Å². The predicted octanol–water partition coefficient (Wildman–Crippen LogP) is 3.15. The number of halogens is 2. The molecule has 0 aliphatic carbocycles. The number of carbonyl (C=O) groups is 1. The molecule has 1 saturated heterocycles. The minimum absolute atomic E-state index is 0.0811. The number of benzene rings is 2. The lowest BCUT2D eigenvalue weighted by molar-refractivity contribution is 0.262. The normalized spacial score (nSPS) is 15.8. The van der Waals surface area contributed by atoms with E-state index in [1.807, 2.05) is 0 Å². The fourth-order valence-corrected chi connectivity index (χ4v) is 4.12. The highest BCUT2D eigenvalue weighted by Crippen LogP contribution is 2.26. The number of sulfonamides is 1. The van der Waals surface area contributed by atoms with Crippen LogP contribution in [0.4, 0.5) is 30.6 Å². The molecule has 1 aliphatic rings. The molecule has 132 valence electrons. The molecule has 2 N–H and O–H groups in total. The number of rotatable bonds is 3. The van der Waals surface area contributed by atoms with Gasteiger partial charge in [-0.15, -0.1) is 0 Å². The molecule has 2 aromatic rings. The van der Waals surface area contributed by atoms with Gasteiger partial charge in [0.25, 0.3) is 0 Å². The molecule has 0 atom stereocenters. The molecular formula is C16H15F2N3O3S. The fraction of sp³-hybridized carbons (Fsp3) is 0.188. The van der Waals surface area contributed by atoms with Crippen LogP contribution in [0, 0.1) is 11.6 Å². The van der Waals surface area contributed by atoms with Crippen LogP contribution in [0.5, 0.6) is 0 Å². The van der Waals surface area contributed by atoms with E-state index in [4.69, 9.17) is 0 Å². The van der Waals surface area contributed by atoms with E-state index in [0.717, 1.165) is 12.1 Å². The van der Waals surface area contributed by atoms with Crippen LogP contribution in [-0.4, -0.2) is 26.7 Å². The summed E-state index contributed by atoms with van der Waals surface area (Å²) in [4.78, 5) is 12.0. The molecule has 0 spiro atoms. The van der Waals surface area contributed by atoms with Gasteiger partial charge in [-0.25, -0.2) is 22.0 Å². The van der Waals surface area contributed by atoms with E-state index in [9.17, 15) is 22.0 Å². The van der Waals surface area contributed by atoms with Gasteiger partial charge in [-0.05, 0) is 36.8 Å². The van der Waals surface area contributed by atoms with Crippen molar-refractivity contribution in [3.8, 4) is 0 Å². The third-order valence-corrected chi connectivity index (χ3v) is 5.56. The van der Waals surface area contributed by atoms with Crippen LogP contribution in [-0.2, 0) is 10.0 Å². The van der Waals surface area contributed by atoms with Crippen molar-refractivity contribution in [1.29, 1.82) is 0 Å². The molecule has 2 amide bonds. The average molecular weight is 367 g/mol. The van der Waals surface area contributed by atoms with E-state index >= 15 is 0 Å². The van der Waals surface area contributed by atoms with Crippen LogP contribution in [0.25, 0.3) is 0 Å². The molecule has 0 aromatic heterocycles. The van der Waals surface area contributed by atoms with Gasteiger partial charge in [0.05, 0.1) is 11.4 Å². The molecule has 0 bridgehead atoms. The molecule has 0 unspecified atom stereocenters. The van der Waals surface area contributed by atoms with E-state index in [2.05, 4.69) is 10.6 Å². The SMILES string of the molecule is O=C(Nc1cccc(N2CCCS2(=O)=O)c1)Nc1c(F)cccc1F. The summed E-state index contributed by atoms with van der Waals surface area (Å²) in [7, 11) is -3.34. The van der Waals surface area contributed by atoms with Crippen molar-refractivity contribution in [3.63, 3.8) is 0 Å². The molecule has 1 aliphatic heterocycles. The molecule has 3 rings (SSSR count). The zero-order chi connectivity index (χ0) is 18.0. The van der Waals surface area contributed by atoms with Gasteiger partial charge in [-0.2, -0.15) is 0 Å². The molecular weight excluding hydrogens is 352 g/mol. The topological polar surface area (TPSA) is 78.5 Å². The quantitative estimate of drug-likeness (QED) is 0.875. The number of carbonyl (C=O) groups excluding carboxylic acids is 1. The second-order valence-electron chi connectivity index (χ2n) is 5.47. The van der Waals surface area contributed by atoms with Gasteiger partial charge in [0.1, 0.15) is 17.3 Å². The van der Waals surface area contributed by atoms with Crippen molar-refractivity contribution in [1.82, 2.24) is 0 Å². The molecule has 25 heavy (non-hydrogen) atoms. The largest absolute Gasteiger partial charge is 0.323 e. The second-order valence-corrected chi connectivity index (χ2v) is 7.48. The number of nitrogens with zero attached hydrogens (tertiary/aromatic N) is 1. The molecule has 9 heteroatoms. The Morgan fingerprint density at radius 3 is 2.36 bits per heavy atom. The van der Waals surface area contributed by atoms with Gasteiger partial charge < -0.3 is 10.6 Å². The summed E-state index contributed by atoms with van der Waals surface area (Å²) in [6.07, 6.45) is 0.535. The number of nitrogens with one attached hydrogen (secondary N) is 2. The predicted molar refractivity (Wildman–Crippen MR) is 91.2 cm³/mol. The van der Waals surface area contributed by atoms with Gasteiger partial charge in [-0.1, -0.05) is 12.1 Å². The Morgan fingerprint density at radius 2 is 1.72 bits per heavy atom. The first-order valence-corrected chi connectivity index (χ1v) is 9.10. The first-order valence-electron chi connectivity index (χ1n) is 7.49. The van der Waals surface area contributed by atoms with E-state index in [1.165, 1.54) is 16.4 Å². The number of para-hydroxylation sites is 1. The Labute approximate surface area is 143 Å². The van der Waals surface area contributed by atoms with Crippen LogP contribution in [0.2, 0.25) is 0 Å². The van der Waals surface area contributed by atoms with Crippen molar-refractivity contribution in [3.05, 3.63) is 54.1 Å². The summed E-state index contributed by atoms with van der Waals surface area (Å²) >= 11 is 0. The highest BCUT2D eigenvalue weighted by Gasteiger charge is 2.28. The molecule has 6 nitrogen and oxygen atoms in total. The van der Waals surface area contributed by atoms with Crippen LogP contribution in [0.15, 0.2) is 42.5 Å². The molecule has 0 radical (unpaired) electrons. The number of urea groups is 1. The average Bonchev–Trinajstić information content (AvgIpc) is 2.91. The van der Waals surface area contributed by atoms with Gasteiger partial charge in [0.2, 0.25) is 10.0 Å². The van der Waals surface area contributed by atoms with Crippen LogP contribution < -0.4 is 14.9 Å². The summed E-state index contributed by atoms with van der Waals surface area (Å²) < 4.78 is 52.3. The van der Waals surface area contributed by atoms with Crippen molar-refractivity contribution in [2.75, 3.05) is 27.2 Å². The Bertz CT molecular complexity index is 898. The Kier molecular flexibility index (Phi) is 4.58. The van der Waals surface area contributed by atoms with E-state index < -0.39 is 33.4 Å². The first kappa shape index (κ1) is 17.2. The third-order valence-electron chi connectivity index (χ3n) is 3.69. The second kappa shape index (κ2) is 6.67. The fourth-order valence-electron chi connectivity index (χ4n) is 2.56. The maximum atomic E-state index is 13.5. The maximum absolute atomic E-state index is 13.5. The van der Waals surface area contributed by atoms with Crippen LogP contribution >= 0.6 is 0 Å². The Balaban J connectivity index is 1.75. The Hall–Kier alpha value is -2.68. The van der Waals surface area contributed by atoms with Gasteiger partial charge >= 0.3 is 6.03 Å². The number of hydrogen-bond acceptors (Lipinski definition) is 3. The molecule has 1 heterocycles. The van der Waals surface area contributed by atoms with Gasteiger partial charge in [-0.3, -0.25) is 4.31 Å². The molecule has 1 fully saturated rings. The third kappa shape index (κ3) is 3.71. The summed E-state index contributed by atoms with van der Waals surface area (Å²) in [5.41, 5.74) is 0.166. The Morgan fingerprint density at radius 1 is 1.04 bits per heavy atom. The smallest absolute Gasteiger partial charge is 0.308 e. The summed E-state index contributed by atoms with van der Waals surface area (Å²) in [6, 6.07) is 8.63. The maximum Gasteiger partial charge on any atom is 0.323 e. The highest BCUT2D eigenvalue weighted by atomic mass is 32.2. The lowest BCUT2D eigenvalue weighted by Gasteiger charge is -2.18. The molecule has 2 aromatic carbocycles. The lowest BCUT2D eigenvalue weighted by Crippen LogP contribution is -2.25. The first-order chi connectivity index (χ1) is 11.9. The van der Waals surface area contributed by atoms with Crippen LogP contribution in [0.3, 0.4) is 0 Å². The summed E-state index contributed by atoms with van der Waals surface area (Å²) in [6.45, 7) is 0.373. The number of hydrogen-bond donors (Lipinski definition) is 2. The van der Waals surface area contributed by atoms with Crippen LogP contribution in [0.1, 0.15) is 6.42 Å². The van der Waals surface area contributed by atoms with Crippen molar-refractivity contribution in [2.24, 2.45) is 0 Å². The van der Waals surface area contributed by atoms with Crippen molar-refractivity contribution in [2.45, 2.75) is 6.42 Å². The molecule has 0 saturated carbocycles. The lowest BCUT2D eigenvalue weighted by atomic mass is 10.2. The van der Waals surface area contributed by atoms with Crippen molar-refractivity contribution < 1.29 is 22.0 Å². The minimum atomic E-state index is -3.34. The number of anilines is 3. The van der Waals surface area contributed by atoms with Crippen molar-refractivity contribution >= 4 is 33.1 Å². The van der Waals surface area contributed by atoms with E-state index in [-0.39, 0.29) is 5.75 Å². The monoisotopic (exact) mass is 367 g/mol. The minimum Gasteiger partial charge on any atom is -0.308 e. The standard InChI is InChI=1S/C16H15F2N3O3S/c17-13-6-2-7-14(18)15(13)20-16(22)19-11-4-1-5-12(10-11)21-8-3-9-25(21,23)24/h1-2,4-7,10H,3,8-9H2,(H2,19,20,22). The van der Waals surface area contributed by atoms with Gasteiger partial charge in [0.15, 0.2) is 0 Å². The van der Waals surface area contributed by atoms with Gasteiger partial charge in [0, 0.05) is 12.2 Å². The number of amides is 2.